The van der Waals surface area contributed by atoms with Crippen LogP contribution in [0.25, 0.3) is 11.1 Å². The summed E-state index contributed by atoms with van der Waals surface area (Å²) >= 11 is 0. The summed E-state index contributed by atoms with van der Waals surface area (Å²) in [5, 5.41) is 14.1. The van der Waals surface area contributed by atoms with E-state index < -0.39 is 48.4 Å². The second-order valence-corrected chi connectivity index (χ2v) is 9.20. The van der Waals surface area contributed by atoms with Gasteiger partial charge in [0.05, 0.1) is 19.0 Å². The smallest absolute Gasteiger partial charge is 0.305 e. The molecule has 0 saturated heterocycles. The number of likely N-dealkylation sites (N-methyl/N-ethyl adjacent to an activating group) is 1. The van der Waals surface area contributed by atoms with Crippen LogP contribution < -0.4 is 10.6 Å². The zero-order valence-electron chi connectivity index (χ0n) is 23.7. The van der Waals surface area contributed by atoms with Gasteiger partial charge >= 0.3 is 5.97 Å². The Morgan fingerprint density at radius 3 is 2.17 bits per heavy atom. The average molecular weight is 558 g/mol. The van der Waals surface area contributed by atoms with E-state index in [0.717, 1.165) is 17.2 Å². The minimum absolute atomic E-state index is 0.141. The first-order chi connectivity index (χ1) is 18.9. The first kappa shape index (κ1) is 33.7. The van der Waals surface area contributed by atoms with Gasteiger partial charge in [-0.3, -0.25) is 19.2 Å². The van der Waals surface area contributed by atoms with E-state index in [4.69, 9.17) is 0 Å². The first-order valence-corrected chi connectivity index (χ1v) is 12.7. The normalized spacial score (nSPS) is 11.8. The van der Waals surface area contributed by atoms with Gasteiger partial charge in [-0.15, -0.1) is 0 Å². The molecule has 0 radical (unpaired) electrons. The highest BCUT2D eigenvalue weighted by molar-refractivity contribution is 5.95. The maximum atomic E-state index is 14.9. The van der Waals surface area contributed by atoms with Gasteiger partial charge in [-0.05, 0) is 60.4 Å². The minimum Gasteiger partial charge on any atom is -0.481 e. The number of nitrogens with one attached hydrogen (secondary N) is 2. The summed E-state index contributed by atoms with van der Waals surface area (Å²) in [7, 11) is 3.17. The molecular weight excluding hydrogens is 520 g/mol. The molecule has 0 aromatic heterocycles. The van der Waals surface area contributed by atoms with Gasteiger partial charge in [-0.1, -0.05) is 44.5 Å². The molecule has 0 spiro atoms. The molecule has 40 heavy (non-hydrogen) atoms. The Balaban J connectivity index is 0.00000254. The van der Waals surface area contributed by atoms with Crippen LogP contribution in [0.4, 0.5) is 8.78 Å². The lowest BCUT2D eigenvalue weighted by molar-refractivity contribution is -0.138. The highest BCUT2D eigenvalue weighted by atomic mass is 19.2. The topological polar surface area (TPSA) is 116 Å². The van der Waals surface area contributed by atoms with Crippen molar-refractivity contribution in [3.63, 3.8) is 0 Å². The van der Waals surface area contributed by atoms with Gasteiger partial charge in [0, 0.05) is 19.7 Å². The fraction of sp³-hybridized carbons (Fsp3) is 0.333. The molecule has 2 amide bonds. The maximum Gasteiger partial charge on any atom is 0.305 e. The number of amides is 2. The Labute approximate surface area is 233 Å². The number of halogens is 2. The summed E-state index contributed by atoms with van der Waals surface area (Å²) in [4.78, 5) is 48.5. The number of carbonyl (C=O) groups excluding carboxylic acids is 3. The maximum absolute atomic E-state index is 14.9. The molecule has 0 bridgehead atoms. The van der Waals surface area contributed by atoms with Crippen molar-refractivity contribution in [3.8, 4) is 11.1 Å². The quantitative estimate of drug-likeness (QED) is 0.211. The van der Waals surface area contributed by atoms with Crippen molar-refractivity contribution in [1.29, 1.82) is 0 Å². The Hall–Kier alpha value is -4.34. The van der Waals surface area contributed by atoms with E-state index in [2.05, 4.69) is 24.5 Å². The molecule has 0 saturated carbocycles. The van der Waals surface area contributed by atoms with Crippen LogP contribution in [0.1, 0.15) is 49.4 Å². The van der Waals surface area contributed by atoms with Crippen molar-refractivity contribution in [2.24, 2.45) is 0 Å². The molecule has 1 unspecified atom stereocenters. The number of carboxylic acids is 1. The standard InChI is InChI=1S/C27H29F2N3O5.C3H8/c1-16-8-7-9-17(2)25(16)18-12-19(26(29)20(28)13-18)21(14-24(35)36)31-23(34)15-30-27(37)22(32(3)4)10-5-6-11-33;1-3-2/h5-13,21H,14-15H2,1-4H3,(H,30,37)(H,31,34)(H,35,36);3H2,1-2H3/b6-5-,22-10-;. The Morgan fingerprint density at radius 2 is 1.65 bits per heavy atom. The predicted octanol–water partition coefficient (Wildman–Crippen LogP) is 4.61. The van der Waals surface area contributed by atoms with Gasteiger partial charge < -0.3 is 20.6 Å². The molecular formula is C30H37F2N3O5. The van der Waals surface area contributed by atoms with Crippen LogP contribution in [0.3, 0.4) is 0 Å². The summed E-state index contributed by atoms with van der Waals surface area (Å²) in [5.74, 6) is -5.24. The van der Waals surface area contributed by atoms with Gasteiger partial charge in [-0.25, -0.2) is 8.78 Å². The number of nitrogens with zero attached hydrogens (tertiary/aromatic N) is 1. The van der Waals surface area contributed by atoms with E-state index in [-0.39, 0.29) is 11.3 Å². The summed E-state index contributed by atoms with van der Waals surface area (Å²) in [5.41, 5.74) is 2.45. The monoisotopic (exact) mass is 557 g/mol. The van der Waals surface area contributed by atoms with E-state index >= 15 is 0 Å². The van der Waals surface area contributed by atoms with E-state index in [1.54, 1.807) is 14.1 Å². The predicted molar refractivity (Wildman–Crippen MR) is 150 cm³/mol. The van der Waals surface area contributed by atoms with Crippen LogP contribution in [-0.2, 0) is 19.2 Å². The van der Waals surface area contributed by atoms with Crippen molar-refractivity contribution in [2.75, 3.05) is 20.6 Å². The number of hydrogen-bond donors (Lipinski definition) is 3. The fourth-order valence-corrected chi connectivity index (χ4v) is 3.81. The van der Waals surface area contributed by atoms with Crippen molar-refractivity contribution < 1.29 is 33.1 Å². The number of aliphatic carboxylic acids is 1. The molecule has 2 aromatic carbocycles. The number of carbonyl (C=O) groups is 4. The zero-order valence-corrected chi connectivity index (χ0v) is 23.7. The molecule has 0 aliphatic heterocycles. The Bertz CT molecular complexity index is 1250. The third-order valence-corrected chi connectivity index (χ3v) is 5.48. The van der Waals surface area contributed by atoms with Crippen molar-refractivity contribution in [2.45, 2.75) is 46.6 Å². The number of carboxylic acid groups (broad SMARTS) is 1. The molecule has 2 rings (SSSR count). The first-order valence-electron chi connectivity index (χ1n) is 12.7. The molecule has 3 N–H and O–H groups in total. The van der Waals surface area contributed by atoms with Crippen molar-refractivity contribution in [1.82, 2.24) is 15.5 Å². The highest BCUT2D eigenvalue weighted by Gasteiger charge is 2.25. The number of benzene rings is 2. The zero-order chi connectivity index (χ0) is 30.4. The van der Waals surface area contributed by atoms with E-state index in [0.29, 0.717) is 17.4 Å². The number of rotatable bonds is 11. The lowest BCUT2D eigenvalue weighted by Gasteiger charge is -2.21. The molecule has 8 nitrogen and oxygen atoms in total. The summed E-state index contributed by atoms with van der Waals surface area (Å²) in [6.45, 7) is 7.32. The molecule has 2 aromatic rings. The Morgan fingerprint density at radius 1 is 1.05 bits per heavy atom. The number of hydrogen-bond acceptors (Lipinski definition) is 5. The van der Waals surface area contributed by atoms with Crippen LogP contribution >= 0.6 is 0 Å². The highest BCUT2D eigenvalue weighted by Crippen LogP contribution is 2.32. The summed E-state index contributed by atoms with van der Waals surface area (Å²) in [6, 6.07) is 6.40. The van der Waals surface area contributed by atoms with E-state index in [1.807, 2.05) is 32.0 Å². The van der Waals surface area contributed by atoms with Crippen LogP contribution in [-0.4, -0.2) is 54.7 Å². The SMILES string of the molecule is CCC.Cc1cccc(C)c1-c1cc(F)c(F)c(C(CC(=O)O)NC(=O)CNC(=O)/C(=C/C=C\C=O)N(C)C)c1. The van der Waals surface area contributed by atoms with Gasteiger partial charge in [0.25, 0.3) is 5.91 Å². The molecule has 0 heterocycles. The van der Waals surface area contributed by atoms with Crippen LogP contribution in [0.2, 0.25) is 0 Å². The molecule has 216 valence electrons. The minimum atomic E-state index is -1.40. The molecule has 1 atom stereocenters. The third kappa shape index (κ3) is 10.1. The average Bonchev–Trinajstić information content (AvgIpc) is 2.86. The number of allylic oxidation sites excluding steroid dienone is 3. The summed E-state index contributed by atoms with van der Waals surface area (Å²) < 4.78 is 29.5. The van der Waals surface area contributed by atoms with Crippen LogP contribution in [0.15, 0.2) is 54.3 Å². The number of aryl methyl sites for hydroxylation is 2. The summed E-state index contributed by atoms with van der Waals surface area (Å²) in [6.07, 6.45) is 4.97. The lowest BCUT2D eigenvalue weighted by Crippen LogP contribution is -2.41. The van der Waals surface area contributed by atoms with Crippen LogP contribution in [0, 0.1) is 25.5 Å². The van der Waals surface area contributed by atoms with Crippen LogP contribution in [0.5, 0.6) is 0 Å². The van der Waals surface area contributed by atoms with Crippen molar-refractivity contribution >= 4 is 24.1 Å². The molecule has 10 heteroatoms. The Kier molecular flexibility index (Phi) is 14.0. The van der Waals surface area contributed by atoms with Gasteiger partial charge in [-0.2, -0.15) is 0 Å². The largest absolute Gasteiger partial charge is 0.481 e. The van der Waals surface area contributed by atoms with E-state index in [1.165, 1.54) is 35.6 Å². The molecule has 0 fully saturated rings. The lowest BCUT2D eigenvalue weighted by atomic mass is 9.92. The van der Waals surface area contributed by atoms with Gasteiger partial charge in [0.15, 0.2) is 11.6 Å². The van der Waals surface area contributed by atoms with Gasteiger partial charge in [0.2, 0.25) is 5.91 Å². The third-order valence-electron chi connectivity index (χ3n) is 5.48. The fourth-order valence-electron chi connectivity index (χ4n) is 3.81. The van der Waals surface area contributed by atoms with Gasteiger partial charge in [0.1, 0.15) is 12.0 Å². The van der Waals surface area contributed by atoms with E-state index in [9.17, 15) is 33.1 Å². The van der Waals surface area contributed by atoms with Crippen molar-refractivity contribution in [3.05, 3.63) is 82.6 Å². The second kappa shape index (κ2) is 16.6. The molecule has 0 aliphatic rings. The number of aldehydes is 1. The molecule has 0 aliphatic carbocycles. The second-order valence-electron chi connectivity index (χ2n) is 9.20.